The molecule has 1 aliphatic heterocycles. The molecule has 2 aromatic heterocycles. The third-order valence-electron chi connectivity index (χ3n) is 5.64. The Morgan fingerprint density at radius 3 is 2.82 bits per heavy atom. The van der Waals surface area contributed by atoms with Crippen LogP contribution in [0.5, 0.6) is 0 Å². The summed E-state index contributed by atoms with van der Waals surface area (Å²) < 4.78 is 29.1. The fourth-order valence-electron chi connectivity index (χ4n) is 3.88. The molecule has 1 aliphatic rings. The number of aryl methyl sites for hydroxylation is 1. The maximum atomic E-state index is 12.5. The van der Waals surface area contributed by atoms with E-state index in [0.717, 1.165) is 18.4 Å². The first-order valence-electron chi connectivity index (χ1n) is 10.8. The van der Waals surface area contributed by atoms with Crippen molar-refractivity contribution in [1.29, 1.82) is 0 Å². The standard InChI is InChI=1S/C23H25N7O3S/c1-3-20(31)29-13-5-6-17(14-29)30-23-21(22(24)25-15-26-23)19(28-30)7-4-12-27-34(32,33)18-10-8-16(2)9-11-18/h3,8-11,15,17,27H,1,5-6,12-14H2,2H3,(H2,24,25,26). The first kappa shape index (κ1) is 23.4. The summed E-state index contributed by atoms with van der Waals surface area (Å²) >= 11 is 0. The predicted octanol–water partition coefficient (Wildman–Crippen LogP) is 1.40. The monoisotopic (exact) mass is 479 g/mol. The number of fused-ring (bicyclic) bond motifs is 1. The highest BCUT2D eigenvalue weighted by Gasteiger charge is 2.27. The number of rotatable bonds is 5. The quantitative estimate of drug-likeness (QED) is 0.417. The van der Waals surface area contributed by atoms with Crippen LogP contribution in [0.2, 0.25) is 0 Å². The summed E-state index contributed by atoms with van der Waals surface area (Å²) in [5.41, 5.74) is 7.94. The Kier molecular flexibility index (Phi) is 6.63. The van der Waals surface area contributed by atoms with Crippen molar-refractivity contribution in [1.82, 2.24) is 29.4 Å². The molecule has 176 valence electrons. The minimum absolute atomic E-state index is 0.106. The van der Waals surface area contributed by atoms with Crippen LogP contribution < -0.4 is 10.5 Å². The smallest absolute Gasteiger partial charge is 0.246 e. The van der Waals surface area contributed by atoms with E-state index in [4.69, 9.17) is 5.73 Å². The molecule has 0 bridgehead atoms. The average Bonchev–Trinajstić information content (AvgIpc) is 3.21. The van der Waals surface area contributed by atoms with E-state index in [9.17, 15) is 13.2 Å². The lowest BCUT2D eigenvalue weighted by molar-refractivity contribution is -0.127. The van der Waals surface area contributed by atoms with Gasteiger partial charge in [-0.25, -0.2) is 23.1 Å². The van der Waals surface area contributed by atoms with Gasteiger partial charge >= 0.3 is 0 Å². The number of nitrogens with zero attached hydrogens (tertiary/aromatic N) is 5. The van der Waals surface area contributed by atoms with Crippen LogP contribution in [0.4, 0.5) is 5.82 Å². The summed E-state index contributed by atoms with van der Waals surface area (Å²) in [6.07, 6.45) is 4.29. The van der Waals surface area contributed by atoms with Crippen molar-refractivity contribution < 1.29 is 13.2 Å². The molecule has 0 spiro atoms. The van der Waals surface area contributed by atoms with Gasteiger partial charge in [0.25, 0.3) is 0 Å². The predicted molar refractivity (Wildman–Crippen MR) is 128 cm³/mol. The van der Waals surface area contributed by atoms with Gasteiger partial charge in [0, 0.05) is 13.1 Å². The number of likely N-dealkylation sites (tertiary alicyclic amines) is 1. The summed E-state index contributed by atoms with van der Waals surface area (Å²) in [6.45, 7) is 6.47. The minimum Gasteiger partial charge on any atom is -0.383 e. The molecule has 11 heteroatoms. The summed E-state index contributed by atoms with van der Waals surface area (Å²) in [4.78, 5) is 22.4. The fraction of sp³-hybridized carbons (Fsp3) is 0.304. The van der Waals surface area contributed by atoms with Crippen molar-refractivity contribution in [3.63, 3.8) is 0 Å². The van der Waals surface area contributed by atoms with E-state index in [2.05, 4.69) is 38.2 Å². The van der Waals surface area contributed by atoms with E-state index < -0.39 is 10.0 Å². The van der Waals surface area contributed by atoms with Crippen LogP contribution in [0.15, 0.2) is 48.1 Å². The molecule has 1 fully saturated rings. The van der Waals surface area contributed by atoms with Crippen LogP contribution in [0.3, 0.4) is 0 Å². The third-order valence-corrected chi connectivity index (χ3v) is 7.05. The number of nitrogen functional groups attached to an aromatic ring is 1. The first-order valence-corrected chi connectivity index (χ1v) is 12.2. The molecular weight excluding hydrogens is 454 g/mol. The Balaban J connectivity index is 1.58. The zero-order valence-electron chi connectivity index (χ0n) is 18.7. The zero-order valence-corrected chi connectivity index (χ0v) is 19.5. The molecule has 3 heterocycles. The maximum Gasteiger partial charge on any atom is 0.246 e. The highest BCUT2D eigenvalue weighted by molar-refractivity contribution is 7.89. The van der Waals surface area contributed by atoms with E-state index in [1.165, 1.54) is 12.4 Å². The van der Waals surface area contributed by atoms with Gasteiger partial charge in [-0.3, -0.25) is 4.79 Å². The Hall–Kier alpha value is -3.75. The molecule has 10 nitrogen and oxygen atoms in total. The number of hydrogen-bond acceptors (Lipinski definition) is 7. The molecule has 1 saturated heterocycles. The van der Waals surface area contributed by atoms with Crippen molar-refractivity contribution >= 4 is 32.8 Å². The topological polar surface area (TPSA) is 136 Å². The van der Waals surface area contributed by atoms with Gasteiger partial charge in [0.15, 0.2) is 5.65 Å². The van der Waals surface area contributed by atoms with Gasteiger partial charge in [-0.1, -0.05) is 30.2 Å². The third kappa shape index (κ3) is 4.78. The largest absolute Gasteiger partial charge is 0.383 e. The number of sulfonamides is 1. The number of benzene rings is 1. The first-order chi connectivity index (χ1) is 16.3. The van der Waals surface area contributed by atoms with E-state index in [1.807, 2.05) is 6.92 Å². The molecule has 1 atom stereocenters. The molecule has 0 aliphatic carbocycles. The number of carbonyl (C=O) groups excluding carboxylic acids is 1. The lowest BCUT2D eigenvalue weighted by Gasteiger charge is -2.32. The Labute approximate surface area is 197 Å². The Morgan fingerprint density at radius 1 is 1.32 bits per heavy atom. The van der Waals surface area contributed by atoms with Crippen molar-refractivity contribution in [2.24, 2.45) is 0 Å². The zero-order chi connectivity index (χ0) is 24.3. The maximum absolute atomic E-state index is 12.5. The average molecular weight is 480 g/mol. The van der Waals surface area contributed by atoms with Gasteiger partial charge in [-0.05, 0) is 43.9 Å². The molecular formula is C23H25N7O3S. The van der Waals surface area contributed by atoms with E-state index in [-0.39, 0.29) is 29.2 Å². The van der Waals surface area contributed by atoms with Crippen LogP contribution in [-0.4, -0.2) is 58.6 Å². The molecule has 3 N–H and O–H groups in total. The van der Waals surface area contributed by atoms with Crippen LogP contribution in [0, 0.1) is 18.8 Å². The highest BCUT2D eigenvalue weighted by Crippen LogP contribution is 2.28. The van der Waals surface area contributed by atoms with Crippen LogP contribution in [0.25, 0.3) is 11.0 Å². The van der Waals surface area contributed by atoms with Gasteiger partial charge in [0.2, 0.25) is 15.9 Å². The number of hydrogen-bond donors (Lipinski definition) is 2. The number of nitrogens with one attached hydrogen (secondary N) is 1. The van der Waals surface area contributed by atoms with Crippen molar-refractivity contribution in [3.8, 4) is 11.8 Å². The molecule has 1 amide bonds. The van der Waals surface area contributed by atoms with Crippen LogP contribution in [0.1, 0.15) is 30.1 Å². The minimum atomic E-state index is -3.68. The molecule has 1 unspecified atom stereocenters. The molecule has 4 rings (SSSR count). The Morgan fingerprint density at radius 2 is 2.09 bits per heavy atom. The van der Waals surface area contributed by atoms with E-state index >= 15 is 0 Å². The number of anilines is 1. The summed E-state index contributed by atoms with van der Waals surface area (Å²) in [5, 5.41) is 5.12. The number of carbonyl (C=O) groups is 1. The van der Waals surface area contributed by atoms with Gasteiger partial charge in [-0.2, -0.15) is 9.82 Å². The Bertz CT molecular complexity index is 1400. The summed E-state index contributed by atoms with van der Waals surface area (Å²) in [5.74, 6) is 5.81. The number of amides is 1. The van der Waals surface area contributed by atoms with Gasteiger partial charge in [0.1, 0.15) is 17.8 Å². The molecule has 3 aromatic rings. The summed E-state index contributed by atoms with van der Waals surface area (Å²) in [7, 11) is -3.68. The van der Waals surface area contributed by atoms with E-state index in [1.54, 1.807) is 33.8 Å². The van der Waals surface area contributed by atoms with Crippen molar-refractivity contribution in [3.05, 3.63) is 54.5 Å². The van der Waals surface area contributed by atoms with Crippen LogP contribution >= 0.6 is 0 Å². The molecule has 0 radical (unpaired) electrons. The normalized spacial score (nSPS) is 16.1. The second-order valence-electron chi connectivity index (χ2n) is 7.97. The molecule has 34 heavy (non-hydrogen) atoms. The lowest BCUT2D eigenvalue weighted by atomic mass is 10.1. The SMILES string of the molecule is C=CC(=O)N1CCCC(n2nc(C#CCNS(=O)(=O)c3ccc(C)cc3)c3c(N)ncnc32)C1. The number of aromatic nitrogens is 4. The lowest BCUT2D eigenvalue weighted by Crippen LogP contribution is -2.40. The number of piperidine rings is 1. The highest BCUT2D eigenvalue weighted by atomic mass is 32.2. The van der Waals surface area contributed by atoms with Crippen molar-refractivity contribution in [2.75, 3.05) is 25.4 Å². The summed E-state index contributed by atoms with van der Waals surface area (Å²) in [6, 6.07) is 6.45. The van der Waals surface area contributed by atoms with Gasteiger partial charge < -0.3 is 10.6 Å². The second-order valence-corrected chi connectivity index (χ2v) is 9.74. The van der Waals surface area contributed by atoms with Gasteiger partial charge in [0.05, 0.1) is 22.9 Å². The van der Waals surface area contributed by atoms with Crippen molar-refractivity contribution in [2.45, 2.75) is 30.7 Å². The fourth-order valence-corrected chi connectivity index (χ4v) is 4.80. The second kappa shape index (κ2) is 9.62. The molecule has 0 saturated carbocycles. The van der Waals surface area contributed by atoms with E-state index in [0.29, 0.717) is 29.8 Å². The number of nitrogens with two attached hydrogens (primary N) is 1. The van der Waals surface area contributed by atoms with Gasteiger partial charge in [-0.15, -0.1) is 0 Å². The molecule has 1 aromatic carbocycles. The van der Waals surface area contributed by atoms with Crippen LogP contribution in [-0.2, 0) is 14.8 Å².